The number of H-pyrrole nitrogens is 1. The number of aromatic nitrogens is 3. The smallest absolute Gasteiger partial charge is 0.214 e. The molecule has 0 saturated heterocycles. The first-order valence-electron chi connectivity index (χ1n) is 8.69. The molecule has 0 amide bonds. The summed E-state index contributed by atoms with van der Waals surface area (Å²) in [6.07, 6.45) is 0. The van der Waals surface area contributed by atoms with Gasteiger partial charge in [-0.05, 0) is 36.8 Å². The van der Waals surface area contributed by atoms with Gasteiger partial charge in [-0.25, -0.2) is 9.77 Å². The number of hydrogen-bond acceptors (Lipinski definition) is 6. The minimum absolute atomic E-state index is 0.0458. The van der Waals surface area contributed by atoms with E-state index in [9.17, 15) is 0 Å². The topological polar surface area (TPSA) is 84.3 Å². The second kappa shape index (κ2) is 9.20. The van der Waals surface area contributed by atoms with Gasteiger partial charge >= 0.3 is 0 Å². The molecule has 0 aliphatic rings. The summed E-state index contributed by atoms with van der Waals surface area (Å²) in [4.78, 5) is 0. The summed E-state index contributed by atoms with van der Waals surface area (Å²) in [5, 5.41) is 16.1. The molecule has 0 unspecified atom stereocenters. The average molecular weight is 386 g/mol. The van der Waals surface area contributed by atoms with Gasteiger partial charge in [0.15, 0.2) is 17.3 Å². The third-order valence-corrected chi connectivity index (χ3v) is 4.08. The fourth-order valence-corrected chi connectivity index (χ4v) is 2.80. The molecule has 0 fully saturated rings. The molecule has 3 aromatic rings. The molecule has 0 radical (unpaired) electrons. The van der Waals surface area contributed by atoms with Gasteiger partial charge in [-0.2, -0.15) is 5.10 Å². The molecule has 0 atom stereocenters. The molecule has 8 heteroatoms. The molecular weight excluding hydrogens is 364 g/mol. The van der Waals surface area contributed by atoms with Crippen LogP contribution in [0.5, 0.6) is 11.5 Å². The van der Waals surface area contributed by atoms with E-state index in [1.54, 1.807) is 4.68 Å². The minimum Gasteiger partial charge on any atom is -0.490 e. The van der Waals surface area contributed by atoms with E-state index in [0.29, 0.717) is 35.2 Å². The number of nitrogens with one attached hydrogen (secondary N) is 2. The molecular formula is C19H22N4O3S. The van der Waals surface area contributed by atoms with Gasteiger partial charge in [-0.15, -0.1) is 0 Å². The summed E-state index contributed by atoms with van der Waals surface area (Å²) >= 11 is 5.34. The van der Waals surface area contributed by atoms with Crippen LogP contribution in [0.2, 0.25) is 0 Å². The number of aliphatic hydroxyl groups is 1. The standard InChI is InChI=1S/C19H22N4O3S/c1-2-25-17-12-14(8-9-16(17)26-11-10-24)13-20-23-18(21-22-19(23)27)15-6-4-3-5-7-15/h3-9,12,20,24H,2,10-11,13H2,1H3,(H,22,27). The van der Waals surface area contributed by atoms with Crippen molar-refractivity contribution in [3.05, 3.63) is 58.9 Å². The Kier molecular flexibility index (Phi) is 6.45. The maximum absolute atomic E-state index is 8.94. The summed E-state index contributed by atoms with van der Waals surface area (Å²) in [5.41, 5.74) is 5.25. The van der Waals surface area contributed by atoms with Gasteiger partial charge in [0.05, 0.1) is 19.8 Å². The molecule has 3 N–H and O–H groups in total. The molecule has 3 rings (SSSR count). The Hall–Kier alpha value is -2.84. The fourth-order valence-electron chi connectivity index (χ4n) is 2.60. The van der Waals surface area contributed by atoms with Crippen molar-refractivity contribution in [3.8, 4) is 22.9 Å². The van der Waals surface area contributed by atoms with Gasteiger partial charge in [0.2, 0.25) is 4.77 Å². The SMILES string of the molecule is CCOc1cc(CNn2c(-c3ccccc3)n[nH]c2=S)ccc1OCCO. The van der Waals surface area contributed by atoms with Gasteiger partial charge in [0.1, 0.15) is 6.61 Å². The number of nitrogens with zero attached hydrogens (tertiary/aromatic N) is 2. The van der Waals surface area contributed by atoms with Gasteiger partial charge in [0.25, 0.3) is 0 Å². The molecule has 1 aromatic heterocycles. The van der Waals surface area contributed by atoms with Crippen molar-refractivity contribution in [1.29, 1.82) is 0 Å². The normalized spacial score (nSPS) is 10.6. The number of aromatic amines is 1. The second-order valence-electron chi connectivity index (χ2n) is 5.67. The third-order valence-electron chi connectivity index (χ3n) is 3.80. The van der Waals surface area contributed by atoms with Crippen molar-refractivity contribution < 1.29 is 14.6 Å². The summed E-state index contributed by atoms with van der Waals surface area (Å²) in [6.45, 7) is 3.14. The molecule has 0 aliphatic heterocycles. The summed E-state index contributed by atoms with van der Waals surface area (Å²) < 4.78 is 13.4. The van der Waals surface area contributed by atoms with E-state index >= 15 is 0 Å². The Morgan fingerprint density at radius 1 is 1.15 bits per heavy atom. The lowest BCUT2D eigenvalue weighted by Gasteiger charge is -2.14. The van der Waals surface area contributed by atoms with Gasteiger partial charge in [0, 0.05) is 5.56 Å². The van der Waals surface area contributed by atoms with Gasteiger partial charge < -0.3 is 20.0 Å². The molecule has 27 heavy (non-hydrogen) atoms. The highest BCUT2D eigenvalue weighted by Crippen LogP contribution is 2.28. The third kappa shape index (κ3) is 4.66. The molecule has 7 nitrogen and oxygen atoms in total. The Labute approximate surface area is 162 Å². The van der Waals surface area contributed by atoms with Crippen LogP contribution in [0.4, 0.5) is 0 Å². The van der Waals surface area contributed by atoms with E-state index < -0.39 is 0 Å². The van der Waals surface area contributed by atoms with Crippen molar-refractivity contribution >= 4 is 12.2 Å². The number of hydrogen-bond donors (Lipinski definition) is 3. The van der Waals surface area contributed by atoms with Crippen molar-refractivity contribution in [1.82, 2.24) is 14.9 Å². The van der Waals surface area contributed by atoms with Gasteiger partial charge in [-0.3, -0.25) is 0 Å². The Balaban J connectivity index is 1.78. The number of benzene rings is 2. The van der Waals surface area contributed by atoms with Gasteiger partial charge in [-0.1, -0.05) is 36.4 Å². The lowest BCUT2D eigenvalue weighted by atomic mass is 10.2. The zero-order chi connectivity index (χ0) is 19.1. The largest absolute Gasteiger partial charge is 0.490 e. The lowest BCUT2D eigenvalue weighted by molar-refractivity contribution is 0.194. The average Bonchev–Trinajstić information content (AvgIpc) is 3.07. The number of aliphatic hydroxyl groups excluding tert-OH is 1. The highest BCUT2D eigenvalue weighted by atomic mass is 32.1. The van der Waals surface area contributed by atoms with E-state index in [0.717, 1.165) is 11.1 Å². The molecule has 1 heterocycles. The fraction of sp³-hybridized carbons (Fsp3) is 0.263. The minimum atomic E-state index is -0.0458. The van der Waals surface area contributed by atoms with Crippen LogP contribution in [0.15, 0.2) is 48.5 Å². The Morgan fingerprint density at radius 2 is 1.96 bits per heavy atom. The highest BCUT2D eigenvalue weighted by molar-refractivity contribution is 7.71. The maximum atomic E-state index is 8.94. The van der Waals surface area contributed by atoms with E-state index in [4.69, 9.17) is 26.8 Å². The molecule has 0 spiro atoms. The van der Waals surface area contributed by atoms with Crippen LogP contribution in [0.25, 0.3) is 11.4 Å². The highest BCUT2D eigenvalue weighted by Gasteiger charge is 2.10. The first-order chi connectivity index (χ1) is 13.2. The van der Waals surface area contributed by atoms with E-state index in [2.05, 4.69) is 15.6 Å². The second-order valence-corrected chi connectivity index (χ2v) is 6.06. The van der Waals surface area contributed by atoms with E-state index in [1.807, 2.05) is 55.5 Å². The van der Waals surface area contributed by atoms with Crippen LogP contribution in [0, 0.1) is 4.77 Å². The van der Waals surface area contributed by atoms with Crippen molar-refractivity contribution in [3.63, 3.8) is 0 Å². The van der Waals surface area contributed by atoms with E-state index in [-0.39, 0.29) is 13.2 Å². The quantitative estimate of drug-likeness (QED) is 0.490. The predicted octanol–water partition coefficient (Wildman–Crippen LogP) is 3.12. The lowest BCUT2D eigenvalue weighted by Crippen LogP contribution is -2.16. The van der Waals surface area contributed by atoms with E-state index in [1.165, 1.54) is 0 Å². The summed E-state index contributed by atoms with van der Waals surface area (Å²) in [7, 11) is 0. The van der Waals surface area contributed by atoms with Crippen molar-refractivity contribution in [2.75, 3.05) is 25.2 Å². The molecule has 0 bridgehead atoms. The first kappa shape index (κ1) is 18.9. The number of ether oxygens (including phenoxy) is 2. The molecule has 2 aromatic carbocycles. The monoisotopic (exact) mass is 386 g/mol. The Bertz CT molecular complexity index is 924. The maximum Gasteiger partial charge on any atom is 0.214 e. The first-order valence-corrected chi connectivity index (χ1v) is 9.10. The zero-order valence-corrected chi connectivity index (χ0v) is 15.8. The van der Waals surface area contributed by atoms with Crippen LogP contribution >= 0.6 is 12.2 Å². The van der Waals surface area contributed by atoms with Crippen molar-refractivity contribution in [2.24, 2.45) is 0 Å². The molecule has 142 valence electrons. The predicted molar refractivity (Wildman–Crippen MR) is 106 cm³/mol. The van der Waals surface area contributed by atoms with Crippen LogP contribution in [0.3, 0.4) is 0 Å². The number of rotatable bonds is 9. The molecule has 0 aliphatic carbocycles. The van der Waals surface area contributed by atoms with Crippen LogP contribution in [-0.2, 0) is 6.54 Å². The van der Waals surface area contributed by atoms with Crippen molar-refractivity contribution in [2.45, 2.75) is 13.5 Å². The summed E-state index contributed by atoms with van der Waals surface area (Å²) in [6, 6.07) is 15.5. The Morgan fingerprint density at radius 3 is 2.70 bits per heavy atom. The van der Waals surface area contributed by atoms with Crippen LogP contribution in [0.1, 0.15) is 12.5 Å². The van der Waals surface area contributed by atoms with Crippen LogP contribution in [-0.4, -0.2) is 39.8 Å². The zero-order valence-electron chi connectivity index (χ0n) is 15.0. The van der Waals surface area contributed by atoms with Crippen LogP contribution < -0.4 is 14.9 Å². The molecule has 0 saturated carbocycles. The summed E-state index contributed by atoms with van der Waals surface area (Å²) in [5.74, 6) is 1.97.